The molecule has 0 unspecified atom stereocenters. The van der Waals surface area contributed by atoms with E-state index in [1.807, 2.05) is 35.8 Å². The van der Waals surface area contributed by atoms with Gasteiger partial charge in [0.2, 0.25) is 11.8 Å². The van der Waals surface area contributed by atoms with Gasteiger partial charge in [-0.05, 0) is 36.2 Å². The van der Waals surface area contributed by atoms with Gasteiger partial charge in [-0.3, -0.25) is 9.29 Å². The maximum Gasteiger partial charge on any atom is 0.239 e. The smallest absolute Gasteiger partial charge is 0.239 e. The van der Waals surface area contributed by atoms with E-state index >= 15 is 0 Å². The lowest BCUT2D eigenvalue weighted by Crippen LogP contribution is -2.07. The molecule has 0 atom stereocenters. The van der Waals surface area contributed by atoms with Crippen LogP contribution in [-0.2, 0) is 6.42 Å². The van der Waals surface area contributed by atoms with Crippen molar-refractivity contribution >= 4 is 17.9 Å². The SMILES string of the molecule is COc1cccc(OC)c1-n1c(NSCCc2coc(C)n2)nnc1-c1ccco1. The predicted octanol–water partition coefficient (Wildman–Crippen LogP) is 4.14. The number of ether oxygens (including phenoxy) is 2. The number of para-hydroxylation sites is 1. The molecule has 30 heavy (non-hydrogen) atoms. The highest BCUT2D eigenvalue weighted by Crippen LogP contribution is 2.37. The van der Waals surface area contributed by atoms with Gasteiger partial charge in [-0.2, -0.15) is 0 Å². The second-order valence-corrected chi connectivity index (χ2v) is 7.13. The Labute approximate surface area is 177 Å². The minimum atomic E-state index is 0.519. The predicted molar refractivity (Wildman–Crippen MR) is 113 cm³/mol. The summed E-state index contributed by atoms with van der Waals surface area (Å²) in [6, 6.07) is 9.20. The van der Waals surface area contributed by atoms with E-state index in [4.69, 9.17) is 18.3 Å². The molecule has 0 aliphatic heterocycles. The zero-order valence-electron chi connectivity index (χ0n) is 16.8. The Bertz CT molecular complexity index is 1080. The van der Waals surface area contributed by atoms with Gasteiger partial charge in [-0.1, -0.05) is 6.07 Å². The second-order valence-electron chi connectivity index (χ2n) is 6.23. The van der Waals surface area contributed by atoms with Crippen molar-refractivity contribution in [2.45, 2.75) is 13.3 Å². The number of rotatable bonds is 9. The molecule has 3 heterocycles. The minimum absolute atomic E-state index is 0.519. The molecule has 0 amide bonds. The van der Waals surface area contributed by atoms with E-state index < -0.39 is 0 Å². The highest BCUT2D eigenvalue weighted by molar-refractivity contribution is 8.00. The van der Waals surface area contributed by atoms with Gasteiger partial charge >= 0.3 is 0 Å². The summed E-state index contributed by atoms with van der Waals surface area (Å²) in [5.41, 5.74) is 1.58. The maximum absolute atomic E-state index is 5.58. The van der Waals surface area contributed by atoms with E-state index in [9.17, 15) is 0 Å². The first kappa shape index (κ1) is 19.9. The zero-order chi connectivity index (χ0) is 20.9. The third-order valence-electron chi connectivity index (χ3n) is 4.32. The molecule has 0 saturated heterocycles. The van der Waals surface area contributed by atoms with Crippen LogP contribution >= 0.6 is 11.9 Å². The molecule has 9 nitrogen and oxygen atoms in total. The number of methoxy groups -OCH3 is 2. The van der Waals surface area contributed by atoms with Gasteiger partial charge in [0.1, 0.15) is 23.4 Å². The van der Waals surface area contributed by atoms with Crippen LogP contribution in [0.4, 0.5) is 5.95 Å². The summed E-state index contributed by atoms with van der Waals surface area (Å²) in [5.74, 6) is 4.28. The number of hydrogen-bond donors (Lipinski definition) is 1. The highest BCUT2D eigenvalue weighted by atomic mass is 32.2. The van der Waals surface area contributed by atoms with Crippen molar-refractivity contribution in [1.29, 1.82) is 0 Å². The molecule has 4 aromatic rings. The summed E-state index contributed by atoms with van der Waals surface area (Å²) in [6.45, 7) is 1.83. The van der Waals surface area contributed by atoms with Crippen LogP contribution in [0.25, 0.3) is 17.3 Å². The molecule has 0 aliphatic rings. The largest absolute Gasteiger partial charge is 0.494 e. The number of aryl methyl sites for hydroxylation is 2. The van der Waals surface area contributed by atoms with Crippen LogP contribution in [0.1, 0.15) is 11.6 Å². The molecule has 0 spiro atoms. The number of anilines is 1. The molecule has 3 aromatic heterocycles. The van der Waals surface area contributed by atoms with Crippen LogP contribution in [0.2, 0.25) is 0 Å². The van der Waals surface area contributed by atoms with Crippen LogP contribution in [-0.4, -0.2) is 39.7 Å². The van der Waals surface area contributed by atoms with Crippen molar-refractivity contribution in [3.8, 4) is 28.8 Å². The standard InChI is InChI=1S/C20H21N5O4S/c1-13-21-14(12-29-13)9-11-30-24-20-23-22-19(17-8-5-10-28-17)25(20)18-15(26-2)6-4-7-16(18)27-3/h4-8,10,12H,9,11H2,1-3H3,(H,23,24). The summed E-state index contributed by atoms with van der Waals surface area (Å²) in [6.07, 6.45) is 4.02. The maximum atomic E-state index is 5.58. The van der Waals surface area contributed by atoms with Crippen molar-refractivity contribution in [2.75, 3.05) is 24.7 Å². The number of benzene rings is 1. The molecule has 156 valence electrons. The fraction of sp³-hybridized carbons (Fsp3) is 0.250. The third kappa shape index (κ3) is 3.99. The molecule has 1 aromatic carbocycles. The van der Waals surface area contributed by atoms with Crippen LogP contribution < -0.4 is 14.2 Å². The number of oxazole rings is 1. The van der Waals surface area contributed by atoms with Crippen LogP contribution in [0.3, 0.4) is 0 Å². The zero-order valence-corrected chi connectivity index (χ0v) is 17.6. The lowest BCUT2D eigenvalue weighted by Gasteiger charge is -2.16. The average molecular weight is 427 g/mol. The molecular weight excluding hydrogens is 406 g/mol. The van der Waals surface area contributed by atoms with Crippen molar-refractivity contribution in [1.82, 2.24) is 19.7 Å². The van der Waals surface area contributed by atoms with Crippen molar-refractivity contribution in [3.05, 3.63) is 54.4 Å². The van der Waals surface area contributed by atoms with E-state index in [0.717, 1.165) is 17.9 Å². The van der Waals surface area contributed by atoms with Gasteiger partial charge in [0.25, 0.3) is 0 Å². The summed E-state index contributed by atoms with van der Waals surface area (Å²) >= 11 is 1.49. The Hall–Kier alpha value is -3.40. The molecule has 0 aliphatic carbocycles. The summed E-state index contributed by atoms with van der Waals surface area (Å²) < 4.78 is 27.1. The third-order valence-corrected chi connectivity index (χ3v) is 5.06. The number of furan rings is 1. The van der Waals surface area contributed by atoms with Gasteiger partial charge in [0, 0.05) is 19.1 Å². The monoisotopic (exact) mass is 427 g/mol. The number of aromatic nitrogens is 4. The van der Waals surface area contributed by atoms with Gasteiger partial charge in [0.15, 0.2) is 11.7 Å². The fourth-order valence-corrected chi connectivity index (χ4v) is 3.65. The van der Waals surface area contributed by atoms with E-state index in [0.29, 0.717) is 40.6 Å². The Kier molecular flexibility index (Phi) is 5.94. The van der Waals surface area contributed by atoms with E-state index in [-0.39, 0.29) is 0 Å². The molecule has 0 fully saturated rings. The summed E-state index contributed by atoms with van der Waals surface area (Å²) in [7, 11) is 3.22. The van der Waals surface area contributed by atoms with Crippen LogP contribution in [0, 0.1) is 6.92 Å². The lowest BCUT2D eigenvalue weighted by molar-refractivity contribution is 0.391. The molecule has 0 bridgehead atoms. The molecule has 0 saturated carbocycles. The quantitative estimate of drug-likeness (QED) is 0.312. The molecule has 1 N–H and O–H groups in total. The van der Waals surface area contributed by atoms with Crippen molar-refractivity contribution in [2.24, 2.45) is 0 Å². The van der Waals surface area contributed by atoms with Gasteiger partial charge < -0.3 is 18.3 Å². The normalized spacial score (nSPS) is 10.9. The van der Waals surface area contributed by atoms with Gasteiger partial charge in [-0.15, -0.1) is 10.2 Å². The minimum Gasteiger partial charge on any atom is -0.494 e. The van der Waals surface area contributed by atoms with Gasteiger partial charge in [-0.25, -0.2) is 4.98 Å². The Balaban J connectivity index is 1.65. The topological polar surface area (TPSA) is 100 Å². The average Bonchev–Trinajstić information content (AvgIpc) is 3.51. The fourth-order valence-electron chi connectivity index (χ4n) is 2.97. The summed E-state index contributed by atoms with van der Waals surface area (Å²) in [4.78, 5) is 4.32. The van der Waals surface area contributed by atoms with E-state index in [1.54, 1.807) is 32.8 Å². The first-order chi connectivity index (χ1) is 14.7. The van der Waals surface area contributed by atoms with Crippen molar-refractivity contribution < 1.29 is 18.3 Å². The molecular formula is C20H21N5O4S. The van der Waals surface area contributed by atoms with E-state index in [1.165, 1.54) is 11.9 Å². The van der Waals surface area contributed by atoms with E-state index in [2.05, 4.69) is 19.9 Å². The first-order valence-corrected chi connectivity index (χ1v) is 10.2. The van der Waals surface area contributed by atoms with Crippen LogP contribution in [0.5, 0.6) is 11.5 Å². The first-order valence-electron chi connectivity index (χ1n) is 9.20. The molecule has 0 radical (unpaired) electrons. The highest BCUT2D eigenvalue weighted by Gasteiger charge is 2.23. The lowest BCUT2D eigenvalue weighted by atomic mass is 10.2. The number of hydrogen-bond acceptors (Lipinski definition) is 9. The Morgan fingerprint density at radius 3 is 2.50 bits per heavy atom. The van der Waals surface area contributed by atoms with Crippen molar-refractivity contribution in [3.63, 3.8) is 0 Å². The number of nitrogens with zero attached hydrogens (tertiary/aromatic N) is 4. The molecule has 10 heteroatoms. The number of nitrogens with one attached hydrogen (secondary N) is 1. The van der Waals surface area contributed by atoms with Crippen LogP contribution in [0.15, 0.2) is 51.7 Å². The molecule has 4 rings (SSSR count). The van der Waals surface area contributed by atoms with Gasteiger partial charge in [0.05, 0.1) is 26.2 Å². The Morgan fingerprint density at radius 1 is 1.07 bits per heavy atom. The Morgan fingerprint density at radius 2 is 1.87 bits per heavy atom. The summed E-state index contributed by atoms with van der Waals surface area (Å²) in [5, 5.41) is 8.65. The second kappa shape index (κ2) is 8.95.